The van der Waals surface area contributed by atoms with Gasteiger partial charge in [-0.1, -0.05) is 18.7 Å². The normalized spacial score (nSPS) is 13.3. The summed E-state index contributed by atoms with van der Waals surface area (Å²) in [4.78, 5) is 3.70. The van der Waals surface area contributed by atoms with E-state index in [9.17, 15) is 8.42 Å². The van der Waals surface area contributed by atoms with Crippen molar-refractivity contribution in [2.24, 2.45) is 4.99 Å². The van der Waals surface area contributed by atoms with Gasteiger partial charge in [0, 0.05) is 7.05 Å². The second kappa shape index (κ2) is 4.71. The molecule has 0 bridgehead atoms. The van der Waals surface area contributed by atoms with E-state index in [1.54, 1.807) is 6.08 Å². The van der Waals surface area contributed by atoms with E-state index in [4.69, 9.17) is 0 Å². The molecule has 5 heteroatoms. The number of rotatable bonds is 3. The fourth-order valence-corrected chi connectivity index (χ4v) is 1.04. The maximum Gasteiger partial charge on any atom is 0.230 e. The van der Waals surface area contributed by atoms with Crippen LogP contribution >= 0.6 is 0 Å². The molecule has 68 valence electrons. The summed E-state index contributed by atoms with van der Waals surface area (Å²) in [6.45, 7) is 3.44. The van der Waals surface area contributed by atoms with Crippen LogP contribution < -0.4 is 4.72 Å². The average Bonchev–Trinajstić information content (AvgIpc) is 1.95. The van der Waals surface area contributed by atoms with Gasteiger partial charge in [0.1, 0.15) is 5.84 Å². The first-order valence-corrected chi connectivity index (χ1v) is 5.12. The largest absolute Gasteiger partial charge is 0.271 e. The van der Waals surface area contributed by atoms with Crippen molar-refractivity contribution >= 4 is 15.9 Å². The molecule has 0 aromatic carbocycles. The maximum absolute atomic E-state index is 10.7. The van der Waals surface area contributed by atoms with Crippen molar-refractivity contribution < 1.29 is 8.42 Å². The van der Waals surface area contributed by atoms with Crippen molar-refractivity contribution in [1.29, 1.82) is 0 Å². The number of aliphatic imine (C=N–C) groups is 1. The highest BCUT2D eigenvalue weighted by Crippen LogP contribution is 1.82. The van der Waals surface area contributed by atoms with Gasteiger partial charge in [-0.05, 0) is 6.08 Å². The molecular formula is C7H12N2O2S. The van der Waals surface area contributed by atoms with Gasteiger partial charge >= 0.3 is 0 Å². The average molecular weight is 188 g/mol. The molecule has 0 aromatic heterocycles. The van der Waals surface area contributed by atoms with Crippen LogP contribution in [0, 0.1) is 0 Å². The molecule has 4 nitrogen and oxygen atoms in total. The lowest BCUT2D eigenvalue weighted by Crippen LogP contribution is -2.27. The smallest absolute Gasteiger partial charge is 0.230 e. The molecular weight excluding hydrogens is 176 g/mol. The molecule has 0 spiro atoms. The number of nitrogens with one attached hydrogen (secondary N) is 1. The lowest BCUT2D eigenvalue weighted by atomic mass is 10.4. The minimum atomic E-state index is -3.23. The second-order valence-electron chi connectivity index (χ2n) is 2.08. The molecule has 0 aliphatic carbocycles. The molecule has 0 atom stereocenters. The second-order valence-corrected chi connectivity index (χ2v) is 3.83. The van der Waals surface area contributed by atoms with Crippen LogP contribution in [0.25, 0.3) is 0 Å². The molecule has 0 fully saturated rings. The number of amidine groups is 1. The van der Waals surface area contributed by atoms with Gasteiger partial charge in [-0.2, -0.15) is 0 Å². The minimum Gasteiger partial charge on any atom is -0.271 e. The minimum absolute atomic E-state index is 0.289. The van der Waals surface area contributed by atoms with Crippen molar-refractivity contribution in [3.05, 3.63) is 24.8 Å². The number of hydrogen-bond acceptors (Lipinski definition) is 3. The third-order valence-corrected chi connectivity index (χ3v) is 1.50. The number of nitrogens with zero attached hydrogens (tertiary/aromatic N) is 1. The molecule has 0 amide bonds. The summed E-state index contributed by atoms with van der Waals surface area (Å²) >= 11 is 0. The third kappa shape index (κ3) is 5.67. The monoisotopic (exact) mass is 188 g/mol. The van der Waals surface area contributed by atoms with E-state index in [1.807, 2.05) is 0 Å². The van der Waals surface area contributed by atoms with Gasteiger partial charge in [-0.3, -0.25) is 9.71 Å². The summed E-state index contributed by atoms with van der Waals surface area (Å²) in [5.74, 6) is 0.289. The Morgan fingerprint density at radius 2 is 2.17 bits per heavy atom. The van der Waals surface area contributed by atoms with Crippen molar-refractivity contribution in [3.63, 3.8) is 0 Å². The lowest BCUT2D eigenvalue weighted by Gasteiger charge is -2.00. The summed E-state index contributed by atoms with van der Waals surface area (Å²) in [6.07, 6.45) is 5.73. The van der Waals surface area contributed by atoms with Crippen LogP contribution in [0.15, 0.2) is 29.8 Å². The third-order valence-electron chi connectivity index (χ3n) is 0.921. The molecule has 0 aliphatic rings. The highest BCUT2D eigenvalue weighted by Gasteiger charge is 2.00. The zero-order valence-electron chi connectivity index (χ0n) is 7.11. The van der Waals surface area contributed by atoms with Crippen LogP contribution in [0.5, 0.6) is 0 Å². The molecule has 12 heavy (non-hydrogen) atoms. The van der Waals surface area contributed by atoms with Crippen LogP contribution in [0.3, 0.4) is 0 Å². The summed E-state index contributed by atoms with van der Waals surface area (Å²) < 4.78 is 23.7. The highest BCUT2D eigenvalue weighted by atomic mass is 32.2. The molecule has 0 aromatic rings. The fraction of sp³-hybridized carbons (Fsp3) is 0.286. The topological polar surface area (TPSA) is 58.5 Å². The fourth-order valence-electron chi connectivity index (χ4n) is 0.503. The standard InChI is InChI=1S/C7H12N2O2S/c1-4-5-6-7(8-2)9-12(3,10)11/h4-6H,1H2,2-3H3,(H,8,9)/b6-5-. The molecule has 0 saturated carbocycles. The van der Waals surface area contributed by atoms with E-state index >= 15 is 0 Å². The molecule has 0 saturated heterocycles. The van der Waals surface area contributed by atoms with Gasteiger partial charge < -0.3 is 0 Å². The van der Waals surface area contributed by atoms with E-state index < -0.39 is 10.0 Å². The van der Waals surface area contributed by atoms with Crippen molar-refractivity contribution in [3.8, 4) is 0 Å². The van der Waals surface area contributed by atoms with E-state index in [-0.39, 0.29) is 5.84 Å². The van der Waals surface area contributed by atoms with Crippen molar-refractivity contribution in [2.75, 3.05) is 13.3 Å². The number of sulfonamides is 1. The Labute approximate surface area is 72.8 Å². The summed E-state index contributed by atoms with van der Waals surface area (Å²) in [5, 5.41) is 0. The predicted molar refractivity (Wildman–Crippen MR) is 50.7 cm³/mol. The number of allylic oxidation sites excluding steroid dienone is 2. The Bertz CT molecular complexity index is 301. The Balaban J connectivity index is 4.42. The molecule has 1 N–H and O–H groups in total. The zero-order chi connectivity index (χ0) is 9.61. The number of hydrogen-bond donors (Lipinski definition) is 1. The van der Waals surface area contributed by atoms with Crippen LogP contribution in [0.1, 0.15) is 0 Å². The van der Waals surface area contributed by atoms with Crippen molar-refractivity contribution in [2.45, 2.75) is 0 Å². The molecule has 0 heterocycles. The van der Waals surface area contributed by atoms with Gasteiger partial charge in [-0.15, -0.1) is 0 Å². The Hall–Kier alpha value is -1.10. The summed E-state index contributed by atoms with van der Waals surface area (Å²) in [6, 6.07) is 0. The van der Waals surface area contributed by atoms with Gasteiger partial charge in [-0.25, -0.2) is 8.42 Å². The molecule has 0 rings (SSSR count). The summed E-state index contributed by atoms with van der Waals surface area (Å²) in [5.41, 5.74) is 0. The van der Waals surface area contributed by atoms with Crippen LogP contribution in [-0.2, 0) is 10.0 Å². The Morgan fingerprint density at radius 3 is 2.50 bits per heavy atom. The Kier molecular flexibility index (Phi) is 4.28. The molecule has 0 radical (unpaired) electrons. The SMILES string of the molecule is C=C/C=C\C(=NC)NS(C)(=O)=O. The summed E-state index contributed by atoms with van der Waals surface area (Å²) in [7, 11) is -1.73. The quantitative estimate of drug-likeness (QED) is 0.393. The Morgan fingerprint density at radius 1 is 1.58 bits per heavy atom. The highest BCUT2D eigenvalue weighted by molar-refractivity contribution is 7.89. The van der Waals surface area contributed by atoms with Gasteiger partial charge in [0.15, 0.2) is 0 Å². The van der Waals surface area contributed by atoms with E-state index in [0.717, 1.165) is 6.26 Å². The predicted octanol–water partition coefficient (Wildman–Crippen LogP) is 0.306. The first kappa shape index (κ1) is 10.9. The lowest BCUT2D eigenvalue weighted by molar-refractivity contribution is 0.598. The van der Waals surface area contributed by atoms with E-state index in [1.165, 1.54) is 19.2 Å². The van der Waals surface area contributed by atoms with Crippen LogP contribution in [-0.4, -0.2) is 27.6 Å². The maximum atomic E-state index is 10.7. The first-order valence-electron chi connectivity index (χ1n) is 3.23. The van der Waals surface area contributed by atoms with E-state index in [0.29, 0.717) is 0 Å². The van der Waals surface area contributed by atoms with Gasteiger partial charge in [0.25, 0.3) is 0 Å². The van der Waals surface area contributed by atoms with Crippen molar-refractivity contribution in [1.82, 2.24) is 4.72 Å². The van der Waals surface area contributed by atoms with Crippen LogP contribution in [0.4, 0.5) is 0 Å². The first-order chi connectivity index (χ1) is 5.49. The van der Waals surface area contributed by atoms with E-state index in [2.05, 4.69) is 16.3 Å². The molecule has 0 aliphatic heterocycles. The van der Waals surface area contributed by atoms with Crippen LogP contribution in [0.2, 0.25) is 0 Å². The zero-order valence-corrected chi connectivity index (χ0v) is 7.93. The molecule has 0 unspecified atom stereocenters. The van der Waals surface area contributed by atoms with Gasteiger partial charge in [0.05, 0.1) is 6.26 Å². The van der Waals surface area contributed by atoms with Gasteiger partial charge in [0.2, 0.25) is 10.0 Å².